The fourth-order valence-electron chi connectivity index (χ4n) is 3.25. The van der Waals surface area contributed by atoms with Crippen LogP contribution in [0.25, 0.3) is 0 Å². The summed E-state index contributed by atoms with van der Waals surface area (Å²) in [5.41, 5.74) is 3.49. The minimum Gasteiger partial charge on any atom is -0.497 e. The Morgan fingerprint density at radius 2 is 1.65 bits per heavy atom. The van der Waals surface area contributed by atoms with Crippen molar-refractivity contribution in [2.75, 3.05) is 30.4 Å². The molecule has 26 heavy (non-hydrogen) atoms. The zero-order valence-electron chi connectivity index (χ0n) is 15.5. The van der Waals surface area contributed by atoms with E-state index < -0.39 is 0 Å². The third-order valence-electron chi connectivity index (χ3n) is 4.81. The third kappa shape index (κ3) is 4.88. The van der Waals surface area contributed by atoms with Crippen LogP contribution in [-0.2, 0) is 0 Å². The molecule has 0 bridgehead atoms. The van der Waals surface area contributed by atoms with Gasteiger partial charge in [-0.25, -0.2) is 0 Å². The normalized spacial score (nSPS) is 15.2. The second kappa shape index (κ2) is 8.90. The molecule has 0 amide bonds. The number of anilines is 2. The van der Waals surface area contributed by atoms with E-state index in [1.807, 2.05) is 24.3 Å². The van der Waals surface area contributed by atoms with Crippen molar-refractivity contribution < 1.29 is 4.74 Å². The summed E-state index contributed by atoms with van der Waals surface area (Å²) in [5, 5.41) is 7.17. The molecule has 1 saturated heterocycles. The molecule has 138 valence electrons. The summed E-state index contributed by atoms with van der Waals surface area (Å²) >= 11 is 5.44. The van der Waals surface area contributed by atoms with Gasteiger partial charge in [0.15, 0.2) is 5.11 Å². The molecular formula is C21H27N3OS. The van der Waals surface area contributed by atoms with Gasteiger partial charge >= 0.3 is 0 Å². The molecule has 1 aliphatic rings. The van der Waals surface area contributed by atoms with E-state index in [0.717, 1.165) is 11.4 Å². The minimum atomic E-state index is 0.142. The highest BCUT2D eigenvalue weighted by Gasteiger charge is 2.12. The van der Waals surface area contributed by atoms with Gasteiger partial charge < -0.3 is 20.3 Å². The van der Waals surface area contributed by atoms with E-state index >= 15 is 0 Å². The predicted octanol–water partition coefficient (Wildman–Crippen LogP) is 4.73. The Hall–Kier alpha value is -2.27. The van der Waals surface area contributed by atoms with Gasteiger partial charge in [-0.05, 0) is 80.4 Å². The van der Waals surface area contributed by atoms with Gasteiger partial charge in [0.05, 0.1) is 13.2 Å². The summed E-state index contributed by atoms with van der Waals surface area (Å²) in [6.07, 6.45) is 3.95. The highest BCUT2D eigenvalue weighted by atomic mass is 32.1. The lowest BCUT2D eigenvalue weighted by Gasteiger charge is -2.29. The number of hydrogen-bond acceptors (Lipinski definition) is 3. The van der Waals surface area contributed by atoms with E-state index in [0.29, 0.717) is 5.11 Å². The summed E-state index contributed by atoms with van der Waals surface area (Å²) < 4.78 is 5.17. The van der Waals surface area contributed by atoms with Gasteiger partial charge in [0.2, 0.25) is 0 Å². The molecular weight excluding hydrogens is 342 g/mol. The number of methoxy groups -OCH3 is 1. The standard InChI is InChI=1S/C21H27N3OS/c1-16(22-21(26)23-18-8-12-20(25-2)13-9-18)17-6-10-19(11-7-17)24-14-4-3-5-15-24/h6-13,16H,3-5,14-15H2,1-2H3,(H2,22,23,26). The van der Waals surface area contributed by atoms with Gasteiger partial charge in [0, 0.05) is 24.5 Å². The highest BCUT2D eigenvalue weighted by Crippen LogP contribution is 2.22. The number of rotatable bonds is 5. The smallest absolute Gasteiger partial charge is 0.171 e. The first kappa shape index (κ1) is 18.5. The van der Waals surface area contributed by atoms with E-state index in [2.05, 4.69) is 46.7 Å². The molecule has 2 N–H and O–H groups in total. The van der Waals surface area contributed by atoms with E-state index in [4.69, 9.17) is 17.0 Å². The van der Waals surface area contributed by atoms with Crippen molar-refractivity contribution in [1.29, 1.82) is 0 Å². The van der Waals surface area contributed by atoms with Crippen LogP contribution in [0.15, 0.2) is 48.5 Å². The Bertz CT molecular complexity index is 709. The largest absolute Gasteiger partial charge is 0.497 e. The van der Waals surface area contributed by atoms with Gasteiger partial charge in [0.25, 0.3) is 0 Å². The number of nitrogens with zero attached hydrogens (tertiary/aromatic N) is 1. The van der Waals surface area contributed by atoms with Crippen LogP contribution >= 0.6 is 12.2 Å². The molecule has 5 heteroatoms. The van der Waals surface area contributed by atoms with Gasteiger partial charge in [-0.1, -0.05) is 12.1 Å². The first-order valence-corrected chi connectivity index (χ1v) is 9.63. The first-order chi connectivity index (χ1) is 12.7. The van der Waals surface area contributed by atoms with Crippen LogP contribution in [0.2, 0.25) is 0 Å². The molecule has 2 aromatic rings. The molecule has 1 fully saturated rings. The van der Waals surface area contributed by atoms with Crippen molar-refractivity contribution in [3.05, 3.63) is 54.1 Å². The molecule has 1 unspecified atom stereocenters. The molecule has 3 rings (SSSR count). The summed E-state index contributed by atoms with van der Waals surface area (Å²) in [4.78, 5) is 2.47. The summed E-state index contributed by atoms with van der Waals surface area (Å²) in [6.45, 7) is 4.46. The lowest BCUT2D eigenvalue weighted by atomic mass is 10.1. The number of hydrogen-bond donors (Lipinski definition) is 2. The topological polar surface area (TPSA) is 36.5 Å². The number of benzene rings is 2. The predicted molar refractivity (Wildman–Crippen MR) is 113 cm³/mol. The molecule has 0 radical (unpaired) electrons. The SMILES string of the molecule is COc1ccc(NC(=S)NC(C)c2ccc(N3CCCCC3)cc2)cc1. The summed E-state index contributed by atoms with van der Waals surface area (Å²) in [5.74, 6) is 0.830. The van der Waals surface area contributed by atoms with Gasteiger partial charge in [0.1, 0.15) is 5.75 Å². The molecule has 1 aliphatic heterocycles. The Morgan fingerprint density at radius 3 is 2.27 bits per heavy atom. The lowest BCUT2D eigenvalue weighted by Crippen LogP contribution is -2.31. The Labute approximate surface area is 161 Å². The average molecular weight is 370 g/mol. The maximum Gasteiger partial charge on any atom is 0.171 e. The van der Waals surface area contributed by atoms with Gasteiger partial charge in [-0.2, -0.15) is 0 Å². The fourth-order valence-corrected chi connectivity index (χ4v) is 3.54. The summed E-state index contributed by atoms with van der Waals surface area (Å²) in [7, 11) is 1.66. The van der Waals surface area contributed by atoms with Gasteiger partial charge in [-0.15, -0.1) is 0 Å². The zero-order chi connectivity index (χ0) is 18.4. The summed E-state index contributed by atoms with van der Waals surface area (Å²) in [6, 6.07) is 16.7. The Balaban J connectivity index is 1.54. The van der Waals surface area contributed by atoms with Crippen LogP contribution in [0.3, 0.4) is 0 Å². The lowest BCUT2D eigenvalue weighted by molar-refractivity contribution is 0.415. The van der Waals surface area contributed by atoms with Gasteiger partial charge in [-0.3, -0.25) is 0 Å². The maximum atomic E-state index is 5.44. The van der Waals surface area contributed by atoms with Crippen molar-refractivity contribution in [1.82, 2.24) is 5.32 Å². The molecule has 0 spiro atoms. The van der Waals surface area contributed by atoms with E-state index in [9.17, 15) is 0 Å². The van der Waals surface area contributed by atoms with E-state index in [1.54, 1.807) is 7.11 Å². The van der Waals surface area contributed by atoms with Crippen LogP contribution < -0.4 is 20.3 Å². The molecule has 0 aromatic heterocycles. The molecule has 4 nitrogen and oxygen atoms in total. The quantitative estimate of drug-likeness (QED) is 0.745. The molecule has 2 aromatic carbocycles. The molecule has 1 heterocycles. The first-order valence-electron chi connectivity index (χ1n) is 9.22. The third-order valence-corrected chi connectivity index (χ3v) is 5.03. The Morgan fingerprint density at radius 1 is 1.00 bits per heavy atom. The van der Waals surface area contributed by atoms with Crippen molar-refractivity contribution >= 4 is 28.7 Å². The second-order valence-electron chi connectivity index (χ2n) is 6.69. The highest BCUT2D eigenvalue weighted by molar-refractivity contribution is 7.80. The number of ether oxygens (including phenoxy) is 1. The molecule has 0 saturated carbocycles. The van der Waals surface area contributed by atoms with Crippen LogP contribution in [-0.4, -0.2) is 25.3 Å². The van der Waals surface area contributed by atoms with Crippen molar-refractivity contribution in [2.45, 2.75) is 32.2 Å². The monoisotopic (exact) mass is 369 g/mol. The second-order valence-corrected chi connectivity index (χ2v) is 7.10. The van der Waals surface area contributed by atoms with E-state index in [1.165, 1.54) is 43.6 Å². The average Bonchev–Trinajstić information content (AvgIpc) is 2.69. The van der Waals surface area contributed by atoms with Crippen LogP contribution in [0.1, 0.15) is 37.8 Å². The maximum absolute atomic E-state index is 5.44. The van der Waals surface area contributed by atoms with Crippen LogP contribution in [0, 0.1) is 0 Å². The number of thiocarbonyl (C=S) groups is 1. The molecule has 1 atom stereocenters. The van der Waals surface area contributed by atoms with E-state index in [-0.39, 0.29) is 6.04 Å². The van der Waals surface area contributed by atoms with Crippen molar-refractivity contribution in [3.8, 4) is 5.75 Å². The van der Waals surface area contributed by atoms with Crippen molar-refractivity contribution in [2.24, 2.45) is 0 Å². The zero-order valence-corrected chi connectivity index (χ0v) is 16.3. The minimum absolute atomic E-state index is 0.142. The molecule has 0 aliphatic carbocycles. The van der Waals surface area contributed by atoms with Crippen molar-refractivity contribution in [3.63, 3.8) is 0 Å². The van der Waals surface area contributed by atoms with Crippen LogP contribution in [0.5, 0.6) is 5.75 Å². The number of piperidine rings is 1. The fraction of sp³-hybridized carbons (Fsp3) is 0.381. The van der Waals surface area contributed by atoms with Crippen LogP contribution in [0.4, 0.5) is 11.4 Å². The number of nitrogens with one attached hydrogen (secondary N) is 2. The Kier molecular flexibility index (Phi) is 6.34.